The highest BCUT2D eigenvalue weighted by atomic mass is 14.3. The smallest absolute Gasteiger partial charge is 0.0328 e. The van der Waals surface area contributed by atoms with Crippen molar-refractivity contribution in [2.75, 3.05) is 0 Å². The highest BCUT2D eigenvalue weighted by molar-refractivity contribution is 4.75. The standard InChI is InChI=1S/C15H32/c1-7-9-13(3)11-12-15(5,6)14(4)10-8-2/h13-14H,7-12H2,1-6H3. The van der Waals surface area contributed by atoms with Crippen LogP contribution in [0, 0.1) is 17.3 Å². The quantitative estimate of drug-likeness (QED) is 0.486. The molecule has 0 aromatic heterocycles. The van der Waals surface area contributed by atoms with E-state index in [0.717, 1.165) is 11.8 Å². The van der Waals surface area contributed by atoms with Crippen LogP contribution >= 0.6 is 0 Å². The maximum absolute atomic E-state index is 2.45. The van der Waals surface area contributed by atoms with Gasteiger partial charge >= 0.3 is 0 Å². The molecule has 0 radical (unpaired) electrons. The van der Waals surface area contributed by atoms with Gasteiger partial charge in [0, 0.05) is 0 Å². The average Bonchev–Trinajstić information content (AvgIpc) is 2.16. The molecule has 0 saturated carbocycles. The zero-order valence-corrected chi connectivity index (χ0v) is 11.9. The molecule has 0 aliphatic carbocycles. The summed E-state index contributed by atoms with van der Waals surface area (Å²) in [5.41, 5.74) is 0.540. The van der Waals surface area contributed by atoms with E-state index in [0.29, 0.717) is 5.41 Å². The number of hydrogen-bond donors (Lipinski definition) is 0. The van der Waals surface area contributed by atoms with E-state index in [4.69, 9.17) is 0 Å². The second kappa shape index (κ2) is 7.30. The molecule has 0 aromatic rings. The SMILES string of the molecule is CCCC(C)CCC(C)(C)C(C)CCC. The van der Waals surface area contributed by atoms with Crippen LogP contribution < -0.4 is 0 Å². The fourth-order valence-electron chi connectivity index (χ4n) is 2.33. The summed E-state index contributed by atoms with van der Waals surface area (Å²) in [6.45, 7) is 14.3. The summed E-state index contributed by atoms with van der Waals surface area (Å²) in [4.78, 5) is 0. The van der Waals surface area contributed by atoms with Gasteiger partial charge in [-0.3, -0.25) is 0 Å². The molecule has 92 valence electrons. The van der Waals surface area contributed by atoms with Crippen molar-refractivity contribution in [3.63, 3.8) is 0 Å². The van der Waals surface area contributed by atoms with Crippen LogP contribution in [0.25, 0.3) is 0 Å². The number of rotatable bonds is 8. The molecule has 2 unspecified atom stereocenters. The Morgan fingerprint density at radius 3 is 1.87 bits per heavy atom. The molecular weight excluding hydrogens is 180 g/mol. The molecule has 0 fully saturated rings. The summed E-state index contributed by atoms with van der Waals surface area (Å²) in [7, 11) is 0. The van der Waals surface area contributed by atoms with E-state index < -0.39 is 0 Å². The van der Waals surface area contributed by atoms with Crippen LogP contribution in [0.15, 0.2) is 0 Å². The predicted octanol–water partition coefficient (Wildman–Crippen LogP) is 5.67. The number of hydrogen-bond acceptors (Lipinski definition) is 0. The van der Waals surface area contributed by atoms with Crippen LogP contribution in [0.3, 0.4) is 0 Å². The lowest BCUT2D eigenvalue weighted by atomic mass is 9.73. The molecule has 0 rings (SSSR count). The third kappa shape index (κ3) is 6.22. The van der Waals surface area contributed by atoms with Crippen LogP contribution in [0.4, 0.5) is 0 Å². The molecule has 0 aliphatic rings. The van der Waals surface area contributed by atoms with Gasteiger partial charge in [0.2, 0.25) is 0 Å². The molecular formula is C15H32. The van der Waals surface area contributed by atoms with Crippen molar-refractivity contribution in [2.24, 2.45) is 17.3 Å². The molecule has 0 bridgehead atoms. The predicted molar refractivity (Wildman–Crippen MR) is 71.2 cm³/mol. The van der Waals surface area contributed by atoms with Crippen LogP contribution in [0.1, 0.15) is 80.1 Å². The van der Waals surface area contributed by atoms with Crippen LogP contribution in [-0.4, -0.2) is 0 Å². The largest absolute Gasteiger partial charge is 0.0654 e. The van der Waals surface area contributed by atoms with E-state index in [1.165, 1.54) is 38.5 Å². The Labute approximate surface area is 97.8 Å². The molecule has 0 aliphatic heterocycles. The zero-order chi connectivity index (χ0) is 11.9. The van der Waals surface area contributed by atoms with Crippen molar-refractivity contribution in [3.8, 4) is 0 Å². The van der Waals surface area contributed by atoms with Crippen molar-refractivity contribution in [1.29, 1.82) is 0 Å². The summed E-state index contributed by atoms with van der Waals surface area (Å²) in [6.07, 6.45) is 8.26. The first-order chi connectivity index (χ1) is 6.94. The molecule has 2 atom stereocenters. The molecule has 0 saturated heterocycles. The van der Waals surface area contributed by atoms with Gasteiger partial charge in [-0.05, 0) is 23.7 Å². The Bertz CT molecular complexity index is 146. The Balaban J connectivity index is 3.91. The Hall–Kier alpha value is 0. The lowest BCUT2D eigenvalue weighted by Gasteiger charge is -2.33. The minimum Gasteiger partial charge on any atom is -0.0654 e. The van der Waals surface area contributed by atoms with Gasteiger partial charge < -0.3 is 0 Å². The summed E-state index contributed by atoms with van der Waals surface area (Å²) < 4.78 is 0. The topological polar surface area (TPSA) is 0 Å². The van der Waals surface area contributed by atoms with Gasteiger partial charge in [-0.15, -0.1) is 0 Å². The summed E-state index contributed by atoms with van der Waals surface area (Å²) in [5, 5.41) is 0. The minimum atomic E-state index is 0.540. The second-order valence-corrected chi connectivity index (χ2v) is 6.11. The molecule has 0 N–H and O–H groups in total. The summed E-state index contributed by atoms with van der Waals surface area (Å²) in [6, 6.07) is 0. The fraction of sp³-hybridized carbons (Fsp3) is 1.00. The van der Waals surface area contributed by atoms with Crippen LogP contribution in [0.5, 0.6) is 0 Å². The Kier molecular flexibility index (Phi) is 7.30. The molecule has 0 spiro atoms. The van der Waals surface area contributed by atoms with Gasteiger partial charge in [0.25, 0.3) is 0 Å². The first-order valence-electron chi connectivity index (χ1n) is 6.94. The van der Waals surface area contributed by atoms with Gasteiger partial charge in [0.15, 0.2) is 0 Å². The Morgan fingerprint density at radius 2 is 1.40 bits per heavy atom. The molecule has 0 amide bonds. The fourth-order valence-corrected chi connectivity index (χ4v) is 2.33. The first-order valence-corrected chi connectivity index (χ1v) is 6.94. The third-order valence-electron chi connectivity index (χ3n) is 4.12. The van der Waals surface area contributed by atoms with Crippen molar-refractivity contribution < 1.29 is 0 Å². The van der Waals surface area contributed by atoms with E-state index in [2.05, 4.69) is 41.5 Å². The van der Waals surface area contributed by atoms with E-state index in [1.807, 2.05) is 0 Å². The lowest BCUT2D eigenvalue weighted by Crippen LogP contribution is -2.22. The highest BCUT2D eigenvalue weighted by Crippen LogP contribution is 2.36. The van der Waals surface area contributed by atoms with E-state index in [1.54, 1.807) is 0 Å². The van der Waals surface area contributed by atoms with Crippen molar-refractivity contribution in [1.82, 2.24) is 0 Å². The molecule has 0 aromatic carbocycles. The van der Waals surface area contributed by atoms with Crippen LogP contribution in [0.2, 0.25) is 0 Å². The maximum Gasteiger partial charge on any atom is -0.0328 e. The van der Waals surface area contributed by atoms with Crippen molar-refractivity contribution >= 4 is 0 Å². The van der Waals surface area contributed by atoms with Crippen LogP contribution in [-0.2, 0) is 0 Å². The second-order valence-electron chi connectivity index (χ2n) is 6.11. The van der Waals surface area contributed by atoms with E-state index in [-0.39, 0.29) is 0 Å². The summed E-state index contributed by atoms with van der Waals surface area (Å²) in [5.74, 6) is 1.79. The van der Waals surface area contributed by atoms with E-state index in [9.17, 15) is 0 Å². The third-order valence-corrected chi connectivity index (χ3v) is 4.12. The lowest BCUT2D eigenvalue weighted by molar-refractivity contribution is 0.182. The first kappa shape index (κ1) is 15.0. The van der Waals surface area contributed by atoms with Crippen molar-refractivity contribution in [3.05, 3.63) is 0 Å². The molecule has 0 heterocycles. The van der Waals surface area contributed by atoms with Gasteiger partial charge in [-0.1, -0.05) is 73.6 Å². The Morgan fingerprint density at radius 1 is 0.867 bits per heavy atom. The van der Waals surface area contributed by atoms with E-state index >= 15 is 0 Å². The van der Waals surface area contributed by atoms with Gasteiger partial charge in [0.05, 0.1) is 0 Å². The molecule has 0 nitrogen and oxygen atoms in total. The average molecular weight is 212 g/mol. The zero-order valence-electron chi connectivity index (χ0n) is 11.9. The van der Waals surface area contributed by atoms with Gasteiger partial charge in [-0.2, -0.15) is 0 Å². The maximum atomic E-state index is 2.45. The normalized spacial score (nSPS) is 16.4. The van der Waals surface area contributed by atoms with Gasteiger partial charge in [0.1, 0.15) is 0 Å². The highest BCUT2D eigenvalue weighted by Gasteiger charge is 2.25. The monoisotopic (exact) mass is 212 g/mol. The minimum absolute atomic E-state index is 0.540. The van der Waals surface area contributed by atoms with Crippen molar-refractivity contribution in [2.45, 2.75) is 80.1 Å². The summed E-state index contributed by atoms with van der Waals surface area (Å²) >= 11 is 0. The molecule has 0 heteroatoms. The molecule has 15 heavy (non-hydrogen) atoms. The van der Waals surface area contributed by atoms with Gasteiger partial charge in [-0.25, -0.2) is 0 Å².